The van der Waals surface area contributed by atoms with Gasteiger partial charge in [0.1, 0.15) is 17.1 Å². The first-order chi connectivity index (χ1) is 12.5. The number of carboxylic acid groups (broad SMARTS) is 1. The molecule has 0 fully saturated rings. The largest absolute Gasteiger partial charge is 0.497 e. The van der Waals surface area contributed by atoms with Crippen LogP contribution >= 0.6 is 0 Å². The van der Waals surface area contributed by atoms with Crippen molar-refractivity contribution in [2.24, 2.45) is 0 Å². The lowest BCUT2D eigenvalue weighted by Crippen LogP contribution is -2.22. The number of ether oxygens (including phenoxy) is 3. The van der Waals surface area contributed by atoms with Gasteiger partial charge in [-0.3, -0.25) is 4.79 Å². The van der Waals surface area contributed by atoms with Crippen molar-refractivity contribution in [3.05, 3.63) is 53.6 Å². The van der Waals surface area contributed by atoms with Gasteiger partial charge in [-0.15, -0.1) is 0 Å². The van der Waals surface area contributed by atoms with Gasteiger partial charge in [-0.1, -0.05) is 12.1 Å². The van der Waals surface area contributed by atoms with Crippen LogP contribution in [0.2, 0.25) is 0 Å². The molecule has 0 spiro atoms. The minimum Gasteiger partial charge on any atom is -0.497 e. The van der Waals surface area contributed by atoms with Crippen LogP contribution < -0.4 is 14.8 Å². The van der Waals surface area contributed by atoms with Gasteiger partial charge in [-0.05, 0) is 24.3 Å². The molecule has 0 atom stereocenters. The van der Waals surface area contributed by atoms with Gasteiger partial charge in [0.2, 0.25) is 0 Å². The quantitative estimate of drug-likeness (QED) is 0.729. The Morgan fingerprint density at radius 1 is 1.04 bits per heavy atom. The number of esters is 1. The van der Waals surface area contributed by atoms with Gasteiger partial charge in [0.25, 0.3) is 5.91 Å². The summed E-state index contributed by atoms with van der Waals surface area (Å²) in [6.07, 6.45) is 0. The zero-order valence-electron chi connectivity index (χ0n) is 14.1. The van der Waals surface area contributed by atoms with Crippen molar-refractivity contribution in [2.75, 3.05) is 26.1 Å². The lowest BCUT2D eigenvalue weighted by molar-refractivity contribution is -0.118. The van der Waals surface area contributed by atoms with E-state index in [1.165, 1.54) is 38.5 Å². The summed E-state index contributed by atoms with van der Waals surface area (Å²) in [5.74, 6) is -1.97. The highest BCUT2D eigenvalue weighted by Gasteiger charge is 2.16. The second-order valence-corrected chi connectivity index (χ2v) is 5.04. The number of anilines is 1. The Balaban J connectivity index is 2.11. The molecular weight excluding hydrogens is 342 g/mol. The van der Waals surface area contributed by atoms with Crippen LogP contribution in [0.5, 0.6) is 11.5 Å². The van der Waals surface area contributed by atoms with Crippen LogP contribution in [0.15, 0.2) is 42.5 Å². The summed E-state index contributed by atoms with van der Waals surface area (Å²) >= 11 is 0. The summed E-state index contributed by atoms with van der Waals surface area (Å²) in [6.45, 7) is -0.455. The van der Waals surface area contributed by atoms with E-state index in [0.29, 0.717) is 5.75 Å². The molecule has 0 bridgehead atoms. The van der Waals surface area contributed by atoms with Crippen LogP contribution in [0.4, 0.5) is 5.69 Å². The zero-order valence-corrected chi connectivity index (χ0v) is 14.1. The Morgan fingerprint density at radius 2 is 1.77 bits per heavy atom. The molecule has 0 aliphatic carbocycles. The van der Waals surface area contributed by atoms with E-state index in [9.17, 15) is 19.5 Å². The van der Waals surface area contributed by atoms with Crippen LogP contribution in [0.3, 0.4) is 0 Å². The summed E-state index contributed by atoms with van der Waals surface area (Å²) < 4.78 is 15.0. The number of carbonyl (C=O) groups is 3. The predicted molar refractivity (Wildman–Crippen MR) is 91.9 cm³/mol. The minimum absolute atomic E-state index is 0.00625. The molecule has 0 unspecified atom stereocenters. The fourth-order valence-corrected chi connectivity index (χ4v) is 2.14. The number of rotatable bonds is 7. The molecule has 136 valence electrons. The maximum absolute atomic E-state index is 12.1. The molecule has 2 aromatic rings. The van der Waals surface area contributed by atoms with E-state index in [0.717, 1.165) is 0 Å². The van der Waals surface area contributed by atoms with Gasteiger partial charge in [-0.2, -0.15) is 0 Å². The second-order valence-electron chi connectivity index (χ2n) is 5.04. The molecule has 2 rings (SSSR count). The van der Waals surface area contributed by atoms with E-state index < -0.39 is 24.5 Å². The fraction of sp³-hybridized carbons (Fsp3) is 0.167. The molecule has 0 heterocycles. The first kappa shape index (κ1) is 18.8. The molecule has 1 amide bonds. The number of carboxylic acids is 1. The lowest BCUT2D eigenvalue weighted by atomic mass is 10.2. The molecule has 2 N–H and O–H groups in total. The normalized spacial score (nSPS) is 9.92. The van der Waals surface area contributed by atoms with E-state index in [4.69, 9.17) is 9.47 Å². The summed E-state index contributed by atoms with van der Waals surface area (Å²) in [4.78, 5) is 35.1. The molecule has 26 heavy (non-hydrogen) atoms. The minimum atomic E-state index is -1.20. The van der Waals surface area contributed by atoms with Gasteiger partial charge in [0.15, 0.2) is 6.61 Å². The number of carbonyl (C=O) groups excluding carboxylic acids is 2. The molecule has 0 aromatic heterocycles. The monoisotopic (exact) mass is 359 g/mol. The van der Waals surface area contributed by atoms with E-state index in [2.05, 4.69) is 10.1 Å². The Morgan fingerprint density at radius 3 is 2.42 bits per heavy atom. The maximum atomic E-state index is 12.1. The molecule has 8 heteroatoms. The van der Waals surface area contributed by atoms with Crippen molar-refractivity contribution in [2.45, 2.75) is 0 Å². The average Bonchev–Trinajstić information content (AvgIpc) is 2.65. The molecule has 0 saturated carbocycles. The zero-order chi connectivity index (χ0) is 19.1. The van der Waals surface area contributed by atoms with E-state index >= 15 is 0 Å². The first-order valence-corrected chi connectivity index (χ1v) is 7.47. The molecular formula is C18H17NO7. The Kier molecular flexibility index (Phi) is 6.15. The number of benzene rings is 2. The van der Waals surface area contributed by atoms with Gasteiger partial charge >= 0.3 is 11.9 Å². The number of hydrogen-bond acceptors (Lipinski definition) is 6. The second kappa shape index (κ2) is 8.52. The Bertz CT molecular complexity index is 832. The first-order valence-electron chi connectivity index (χ1n) is 7.47. The summed E-state index contributed by atoms with van der Waals surface area (Å²) in [5, 5.41) is 11.7. The van der Waals surface area contributed by atoms with Crippen molar-refractivity contribution in [1.29, 1.82) is 0 Å². The molecule has 0 radical (unpaired) electrons. The SMILES string of the molecule is COC(=O)c1ccccc1NC(=O)COc1cc(OC)ccc1C(=O)O. The third-order valence-electron chi connectivity index (χ3n) is 3.38. The van der Waals surface area contributed by atoms with Crippen molar-refractivity contribution >= 4 is 23.5 Å². The molecule has 2 aromatic carbocycles. The lowest BCUT2D eigenvalue weighted by Gasteiger charge is -2.12. The van der Waals surface area contributed by atoms with Crippen molar-refractivity contribution in [1.82, 2.24) is 0 Å². The highest BCUT2D eigenvalue weighted by Crippen LogP contribution is 2.25. The molecule has 8 nitrogen and oxygen atoms in total. The third-order valence-corrected chi connectivity index (χ3v) is 3.38. The Hall–Kier alpha value is -3.55. The summed E-state index contributed by atoms with van der Waals surface area (Å²) in [5.41, 5.74) is 0.349. The third kappa shape index (κ3) is 4.50. The summed E-state index contributed by atoms with van der Waals surface area (Å²) in [6, 6.07) is 10.5. The van der Waals surface area contributed by atoms with Gasteiger partial charge in [0, 0.05) is 6.07 Å². The molecule has 0 saturated heterocycles. The number of hydrogen-bond donors (Lipinski definition) is 2. The van der Waals surface area contributed by atoms with Gasteiger partial charge in [0.05, 0.1) is 25.5 Å². The predicted octanol–water partition coefficient (Wildman–Crippen LogP) is 2.20. The van der Waals surface area contributed by atoms with E-state index in [1.807, 2.05) is 0 Å². The van der Waals surface area contributed by atoms with Crippen LogP contribution in [-0.2, 0) is 9.53 Å². The highest BCUT2D eigenvalue weighted by molar-refractivity contribution is 6.01. The topological polar surface area (TPSA) is 111 Å². The average molecular weight is 359 g/mol. The smallest absolute Gasteiger partial charge is 0.339 e. The molecule has 0 aliphatic rings. The number of amides is 1. The van der Waals surface area contributed by atoms with Crippen LogP contribution in [0.25, 0.3) is 0 Å². The number of aromatic carboxylic acids is 1. The maximum Gasteiger partial charge on any atom is 0.339 e. The van der Waals surface area contributed by atoms with Crippen LogP contribution in [-0.4, -0.2) is 43.8 Å². The molecule has 0 aliphatic heterocycles. The Labute approximate surface area is 149 Å². The fourth-order valence-electron chi connectivity index (χ4n) is 2.14. The van der Waals surface area contributed by atoms with Crippen molar-refractivity contribution < 1.29 is 33.7 Å². The highest BCUT2D eigenvalue weighted by atomic mass is 16.5. The number of para-hydroxylation sites is 1. The van der Waals surface area contributed by atoms with Crippen LogP contribution in [0.1, 0.15) is 20.7 Å². The summed E-state index contributed by atoms with van der Waals surface area (Å²) in [7, 11) is 2.66. The number of methoxy groups -OCH3 is 2. The number of nitrogens with one attached hydrogen (secondary N) is 1. The van der Waals surface area contributed by atoms with Crippen molar-refractivity contribution in [3.8, 4) is 11.5 Å². The van der Waals surface area contributed by atoms with Gasteiger partial charge < -0.3 is 24.6 Å². The van der Waals surface area contributed by atoms with E-state index in [-0.39, 0.29) is 22.6 Å². The standard InChI is InChI=1S/C18H17NO7/c1-24-11-7-8-13(17(21)22)15(9-11)26-10-16(20)19-14-6-4-3-5-12(14)18(23)25-2/h3-9H,10H2,1-2H3,(H,19,20)(H,21,22). The van der Waals surface area contributed by atoms with Gasteiger partial charge in [-0.25, -0.2) is 9.59 Å². The van der Waals surface area contributed by atoms with Crippen molar-refractivity contribution in [3.63, 3.8) is 0 Å². The van der Waals surface area contributed by atoms with Crippen LogP contribution in [0, 0.1) is 0 Å². The van der Waals surface area contributed by atoms with E-state index in [1.54, 1.807) is 18.2 Å².